The van der Waals surface area contributed by atoms with Gasteiger partial charge in [-0.2, -0.15) is 0 Å². The molecule has 1 nitrogen and oxygen atoms in total. The first-order valence-electron chi connectivity index (χ1n) is 4.68. The molecule has 0 rings (SSSR count). The smallest absolute Gasteiger partial charge is 0.208 e. The van der Waals surface area contributed by atoms with E-state index in [1.807, 2.05) is 0 Å². The van der Waals surface area contributed by atoms with E-state index in [0.29, 0.717) is 12.4 Å². The van der Waals surface area contributed by atoms with Gasteiger partial charge in [0.1, 0.15) is 0 Å². The van der Waals surface area contributed by atoms with Crippen molar-refractivity contribution in [1.29, 1.82) is 0 Å². The highest BCUT2D eigenvalue weighted by Gasteiger charge is 2.25. The van der Waals surface area contributed by atoms with Crippen LogP contribution in [0.3, 0.4) is 0 Å². The van der Waals surface area contributed by atoms with E-state index in [4.69, 9.17) is 0 Å². The quantitative estimate of drug-likeness (QED) is 0.555. The van der Waals surface area contributed by atoms with Crippen molar-refractivity contribution >= 4 is 14.8 Å². The zero-order valence-electron chi connectivity index (χ0n) is 8.94. The molecule has 0 atom stereocenters. The van der Waals surface area contributed by atoms with Crippen molar-refractivity contribution in [2.45, 2.75) is 52.8 Å². The van der Waals surface area contributed by atoms with E-state index in [0.717, 1.165) is 0 Å². The van der Waals surface area contributed by atoms with E-state index >= 15 is 0 Å². The molecule has 0 aliphatic rings. The van der Waals surface area contributed by atoms with Gasteiger partial charge in [0.2, 0.25) is 6.85 Å². The molecule has 0 fully saturated rings. The second-order valence-electron chi connectivity index (χ2n) is 4.03. The van der Waals surface area contributed by atoms with Crippen LogP contribution in [0.25, 0.3) is 0 Å². The van der Waals surface area contributed by atoms with Crippen LogP contribution in [0.4, 0.5) is 0 Å². The SMILES string of the molecule is BN(B(C)CC)C(C)(C)CC. The van der Waals surface area contributed by atoms with Crippen LogP contribution in [0.5, 0.6) is 0 Å². The molecule has 0 aromatic carbocycles. The molecule has 3 heteroatoms. The lowest BCUT2D eigenvalue weighted by molar-refractivity contribution is 0.327. The van der Waals surface area contributed by atoms with E-state index in [2.05, 4.69) is 47.2 Å². The fraction of sp³-hybridized carbons (Fsp3) is 1.00. The summed E-state index contributed by atoms with van der Waals surface area (Å²) in [5.74, 6) is 0. The molecular formula is C8H21B2N. The Labute approximate surface area is 73.1 Å². The molecule has 0 radical (unpaired) electrons. The Bertz CT molecular complexity index is 115. The zero-order valence-corrected chi connectivity index (χ0v) is 8.94. The summed E-state index contributed by atoms with van der Waals surface area (Å²) < 4.78 is 2.47. The van der Waals surface area contributed by atoms with Gasteiger partial charge >= 0.3 is 0 Å². The van der Waals surface area contributed by atoms with Gasteiger partial charge in [-0.15, -0.1) is 0 Å². The first kappa shape index (κ1) is 11.1. The Kier molecular flexibility index (Phi) is 4.23. The summed E-state index contributed by atoms with van der Waals surface area (Å²) in [6, 6.07) is 0. The molecule has 64 valence electrons. The highest BCUT2D eigenvalue weighted by atomic mass is 15.0. The summed E-state index contributed by atoms with van der Waals surface area (Å²) in [5, 5.41) is 0. The number of hydrogen-bond acceptors (Lipinski definition) is 1. The summed E-state index contributed by atoms with van der Waals surface area (Å²) in [6.07, 6.45) is 2.45. The Morgan fingerprint density at radius 2 is 1.82 bits per heavy atom. The zero-order chi connectivity index (χ0) is 9.07. The molecule has 0 saturated carbocycles. The lowest BCUT2D eigenvalue weighted by Gasteiger charge is -2.38. The topological polar surface area (TPSA) is 3.24 Å². The largest absolute Gasteiger partial charge is 0.385 e. The van der Waals surface area contributed by atoms with Gasteiger partial charge in [0, 0.05) is 0 Å². The minimum absolute atomic E-state index is 0.357. The molecule has 0 N–H and O–H groups in total. The molecule has 0 amide bonds. The van der Waals surface area contributed by atoms with Gasteiger partial charge < -0.3 is 4.72 Å². The number of hydrogen-bond donors (Lipinski definition) is 0. The monoisotopic (exact) mass is 153 g/mol. The molecule has 0 heterocycles. The molecular weight excluding hydrogens is 132 g/mol. The molecule has 0 bridgehead atoms. The highest BCUT2D eigenvalue weighted by molar-refractivity contribution is 6.59. The van der Waals surface area contributed by atoms with Gasteiger partial charge in [0.15, 0.2) is 7.98 Å². The second kappa shape index (κ2) is 4.20. The van der Waals surface area contributed by atoms with E-state index in [9.17, 15) is 0 Å². The second-order valence-corrected chi connectivity index (χ2v) is 4.03. The van der Waals surface area contributed by atoms with Crippen molar-refractivity contribution in [2.24, 2.45) is 0 Å². The van der Waals surface area contributed by atoms with Gasteiger partial charge in [0.05, 0.1) is 0 Å². The van der Waals surface area contributed by atoms with Gasteiger partial charge in [-0.25, -0.2) is 0 Å². The van der Waals surface area contributed by atoms with E-state index in [-0.39, 0.29) is 0 Å². The Morgan fingerprint density at radius 3 is 2.09 bits per heavy atom. The number of rotatable bonds is 4. The van der Waals surface area contributed by atoms with E-state index in [1.54, 1.807) is 0 Å². The van der Waals surface area contributed by atoms with Gasteiger partial charge in [0.25, 0.3) is 0 Å². The predicted octanol–water partition coefficient (Wildman–Crippen LogP) is 1.67. The molecule has 0 saturated heterocycles. The van der Waals surface area contributed by atoms with Crippen molar-refractivity contribution in [3.05, 3.63) is 0 Å². The average molecular weight is 153 g/mol. The molecule has 0 aliphatic carbocycles. The maximum Gasteiger partial charge on any atom is 0.208 e. The summed E-state index contributed by atoms with van der Waals surface area (Å²) in [5.41, 5.74) is 0.357. The Balaban J connectivity index is 4.10. The predicted molar refractivity (Wildman–Crippen MR) is 56.9 cm³/mol. The lowest BCUT2D eigenvalue weighted by atomic mass is 9.56. The molecule has 0 aromatic heterocycles. The number of nitrogens with zero attached hydrogens (tertiary/aromatic N) is 1. The van der Waals surface area contributed by atoms with E-state index < -0.39 is 0 Å². The summed E-state index contributed by atoms with van der Waals surface area (Å²) >= 11 is 0. The van der Waals surface area contributed by atoms with Crippen LogP contribution in [0, 0.1) is 0 Å². The van der Waals surface area contributed by atoms with Crippen molar-refractivity contribution in [1.82, 2.24) is 4.72 Å². The molecule has 0 aliphatic heterocycles. The van der Waals surface area contributed by atoms with Crippen LogP contribution in [0.2, 0.25) is 13.1 Å². The molecule has 0 unspecified atom stereocenters. The van der Waals surface area contributed by atoms with Crippen molar-refractivity contribution < 1.29 is 0 Å². The fourth-order valence-corrected chi connectivity index (χ4v) is 1.12. The van der Waals surface area contributed by atoms with Crippen molar-refractivity contribution in [2.75, 3.05) is 0 Å². The van der Waals surface area contributed by atoms with Gasteiger partial charge in [-0.05, 0) is 25.8 Å². The van der Waals surface area contributed by atoms with Crippen LogP contribution in [-0.4, -0.2) is 25.1 Å². The van der Waals surface area contributed by atoms with Crippen molar-refractivity contribution in [3.63, 3.8) is 0 Å². The molecule has 11 heavy (non-hydrogen) atoms. The summed E-state index contributed by atoms with van der Waals surface area (Å²) in [4.78, 5) is 0. The summed E-state index contributed by atoms with van der Waals surface area (Å²) in [7, 11) is 2.22. The van der Waals surface area contributed by atoms with Crippen molar-refractivity contribution in [3.8, 4) is 0 Å². The third-order valence-electron chi connectivity index (χ3n) is 3.07. The third-order valence-corrected chi connectivity index (χ3v) is 3.07. The highest BCUT2D eigenvalue weighted by Crippen LogP contribution is 2.18. The standard InChI is InChI=1S/C8H21B2N/c1-6-8(3,4)11(9)10(5)7-2/h6-7,9H2,1-5H3. The minimum atomic E-state index is 0.357. The Morgan fingerprint density at radius 1 is 1.36 bits per heavy atom. The Hall–Kier alpha value is 0.0899. The maximum atomic E-state index is 2.47. The first-order valence-corrected chi connectivity index (χ1v) is 4.68. The van der Waals surface area contributed by atoms with Crippen LogP contribution >= 0.6 is 0 Å². The normalized spacial score (nSPS) is 12.2. The van der Waals surface area contributed by atoms with Crippen LogP contribution < -0.4 is 0 Å². The third kappa shape index (κ3) is 2.90. The van der Waals surface area contributed by atoms with Crippen LogP contribution in [0.1, 0.15) is 34.1 Å². The molecule has 0 aromatic rings. The van der Waals surface area contributed by atoms with Gasteiger partial charge in [-0.1, -0.05) is 27.0 Å². The average Bonchev–Trinajstić information content (AvgIpc) is 2.01. The summed E-state index contributed by atoms with van der Waals surface area (Å²) in [6.45, 7) is 12.1. The molecule has 0 spiro atoms. The van der Waals surface area contributed by atoms with Crippen LogP contribution in [-0.2, 0) is 0 Å². The van der Waals surface area contributed by atoms with E-state index in [1.165, 1.54) is 12.7 Å². The minimum Gasteiger partial charge on any atom is -0.385 e. The fourth-order valence-electron chi connectivity index (χ4n) is 1.12. The lowest BCUT2D eigenvalue weighted by Crippen LogP contribution is -2.49. The first-order chi connectivity index (χ1) is 4.95. The van der Waals surface area contributed by atoms with Gasteiger partial charge in [-0.3, -0.25) is 0 Å². The van der Waals surface area contributed by atoms with Crippen LogP contribution in [0.15, 0.2) is 0 Å². The maximum absolute atomic E-state index is 2.47.